The summed E-state index contributed by atoms with van der Waals surface area (Å²) in [6.07, 6.45) is 7.92. The van der Waals surface area contributed by atoms with Crippen molar-refractivity contribution in [2.24, 2.45) is 5.84 Å². The Morgan fingerprint density at radius 2 is 2.11 bits per heavy atom. The van der Waals surface area contributed by atoms with Crippen molar-refractivity contribution in [1.29, 1.82) is 0 Å². The van der Waals surface area contributed by atoms with Crippen LogP contribution in [0.15, 0.2) is 29.8 Å². The summed E-state index contributed by atoms with van der Waals surface area (Å²) in [5, 5.41) is 0. The number of nitrogens with two attached hydrogens (primary N) is 1. The van der Waals surface area contributed by atoms with E-state index in [0.29, 0.717) is 5.56 Å². The molecule has 1 aliphatic rings. The lowest BCUT2D eigenvalue weighted by Gasteiger charge is -2.20. The van der Waals surface area contributed by atoms with Crippen molar-refractivity contribution in [1.82, 2.24) is 5.43 Å². The second-order valence-electron chi connectivity index (χ2n) is 5.00. The Morgan fingerprint density at radius 3 is 2.89 bits per heavy atom. The van der Waals surface area contributed by atoms with Gasteiger partial charge in [0, 0.05) is 5.56 Å². The molecule has 0 amide bonds. The molecule has 18 heavy (non-hydrogen) atoms. The number of hydrazine groups is 1. The zero-order valence-electron chi connectivity index (χ0n) is 10.9. The van der Waals surface area contributed by atoms with Gasteiger partial charge in [-0.1, -0.05) is 35.8 Å². The molecule has 0 heterocycles. The molecule has 0 bridgehead atoms. The molecule has 0 aromatic heterocycles. The van der Waals surface area contributed by atoms with Crippen molar-refractivity contribution < 1.29 is 4.39 Å². The van der Waals surface area contributed by atoms with E-state index in [1.807, 2.05) is 13.0 Å². The highest BCUT2D eigenvalue weighted by Crippen LogP contribution is 2.30. The second-order valence-corrected chi connectivity index (χ2v) is 5.00. The van der Waals surface area contributed by atoms with Crippen LogP contribution < -0.4 is 11.3 Å². The van der Waals surface area contributed by atoms with E-state index in [4.69, 9.17) is 5.84 Å². The molecule has 3 N–H and O–H groups in total. The lowest BCUT2D eigenvalue weighted by Crippen LogP contribution is -2.30. The molecule has 0 spiro atoms. The molecule has 2 rings (SSSR count). The van der Waals surface area contributed by atoms with E-state index >= 15 is 0 Å². The van der Waals surface area contributed by atoms with Gasteiger partial charge in [0.05, 0.1) is 6.04 Å². The van der Waals surface area contributed by atoms with E-state index in [1.54, 1.807) is 6.07 Å². The van der Waals surface area contributed by atoms with Gasteiger partial charge in [0.1, 0.15) is 5.82 Å². The minimum Gasteiger partial charge on any atom is -0.271 e. The molecular formula is C15H21FN2. The third-order valence-corrected chi connectivity index (χ3v) is 3.58. The Balaban J connectivity index is 2.32. The van der Waals surface area contributed by atoms with Crippen molar-refractivity contribution in [3.8, 4) is 0 Å². The summed E-state index contributed by atoms with van der Waals surface area (Å²) in [7, 11) is 0. The van der Waals surface area contributed by atoms with Gasteiger partial charge < -0.3 is 0 Å². The summed E-state index contributed by atoms with van der Waals surface area (Å²) in [6.45, 7) is 1.97. The number of hydrogen-bond acceptors (Lipinski definition) is 2. The molecule has 1 atom stereocenters. The smallest absolute Gasteiger partial charge is 0.128 e. The van der Waals surface area contributed by atoms with Crippen LogP contribution in [0.25, 0.3) is 0 Å². The largest absolute Gasteiger partial charge is 0.271 e. The van der Waals surface area contributed by atoms with E-state index in [9.17, 15) is 4.39 Å². The van der Waals surface area contributed by atoms with Gasteiger partial charge >= 0.3 is 0 Å². The summed E-state index contributed by atoms with van der Waals surface area (Å²) < 4.78 is 13.9. The van der Waals surface area contributed by atoms with Gasteiger partial charge in [0.25, 0.3) is 0 Å². The summed E-state index contributed by atoms with van der Waals surface area (Å²) in [5.74, 6) is 5.46. The number of benzene rings is 1. The first-order valence-corrected chi connectivity index (χ1v) is 6.63. The monoisotopic (exact) mass is 248 g/mol. The quantitative estimate of drug-likeness (QED) is 0.488. The van der Waals surface area contributed by atoms with Crippen molar-refractivity contribution in [3.05, 3.63) is 46.8 Å². The zero-order valence-corrected chi connectivity index (χ0v) is 10.9. The van der Waals surface area contributed by atoms with Gasteiger partial charge in [-0.15, -0.1) is 0 Å². The van der Waals surface area contributed by atoms with Crippen LogP contribution in [0.1, 0.15) is 49.3 Å². The highest BCUT2D eigenvalue weighted by atomic mass is 19.1. The fourth-order valence-electron chi connectivity index (χ4n) is 2.58. The third-order valence-electron chi connectivity index (χ3n) is 3.58. The number of hydrogen-bond donors (Lipinski definition) is 2. The average Bonchev–Trinajstić information content (AvgIpc) is 2.64. The standard InChI is InChI=1S/C15H21FN2/c1-11-8-9-14(16)13(10-11)15(18-17)12-6-4-2-3-5-7-12/h6,8-10,15,18H,2-5,7,17H2,1H3. The van der Waals surface area contributed by atoms with Gasteiger partial charge in [-0.25, -0.2) is 9.82 Å². The first-order chi connectivity index (χ1) is 8.72. The van der Waals surface area contributed by atoms with Crippen LogP contribution in [0.2, 0.25) is 0 Å². The fraction of sp³-hybridized carbons (Fsp3) is 0.467. The van der Waals surface area contributed by atoms with E-state index < -0.39 is 0 Å². The molecule has 0 saturated carbocycles. The van der Waals surface area contributed by atoms with Crippen LogP contribution in [0.4, 0.5) is 4.39 Å². The van der Waals surface area contributed by atoms with Crippen LogP contribution in [0, 0.1) is 12.7 Å². The van der Waals surface area contributed by atoms with Gasteiger partial charge in [0.2, 0.25) is 0 Å². The van der Waals surface area contributed by atoms with Gasteiger partial charge in [-0.05, 0) is 38.7 Å². The average molecular weight is 248 g/mol. The lowest BCUT2D eigenvalue weighted by molar-refractivity contribution is 0.541. The van der Waals surface area contributed by atoms with E-state index in [2.05, 4.69) is 11.5 Å². The number of allylic oxidation sites excluding steroid dienone is 1. The summed E-state index contributed by atoms with van der Waals surface area (Å²) >= 11 is 0. The van der Waals surface area contributed by atoms with Crippen LogP contribution >= 0.6 is 0 Å². The molecule has 1 aromatic carbocycles. The van der Waals surface area contributed by atoms with Gasteiger partial charge in [0.15, 0.2) is 0 Å². The fourth-order valence-corrected chi connectivity index (χ4v) is 2.58. The van der Waals surface area contributed by atoms with Crippen molar-refractivity contribution in [2.75, 3.05) is 0 Å². The maximum absolute atomic E-state index is 13.9. The summed E-state index contributed by atoms with van der Waals surface area (Å²) in [5.41, 5.74) is 5.71. The third kappa shape index (κ3) is 2.98. The molecule has 0 saturated heterocycles. The molecule has 0 radical (unpaired) electrons. The van der Waals surface area contributed by atoms with Crippen LogP contribution in [-0.4, -0.2) is 0 Å². The van der Waals surface area contributed by atoms with Crippen molar-refractivity contribution >= 4 is 0 Å². The molecule has 0 fully saturated rings. The van der Waals surface area contributed by atoms with Crippen LogP contribution in [0.5, 0.6) is 0 Å². The zero-order chi connectivity index (χ0) is 13.0. The Morgan fingerprint density at radius 1 is 1.28 bits per heavy atom. The van der Waals surface area contributed by atoms with Crippen molar-refractivity contribution in [2.45, 2.75) is 45.1 Å². The highest BCUT2D eigenvalue weighted by Gasteiger charge is 2.19. The Labute approximate surface area is 108 Å². The predicted octanol–water partition coefficient (Wildman–Crippen LogP) is 3.53. The molecule has 1 aliphatic carbocycles. The van der Waals surface area contributed by atoms with Gasteiger partial charge in [-0.2, -0.15) is 0 Å². The number of halogens is 1. The normalized spacial score (nSPS) is 18.1. The lowest BCUT2D eigenvalue weighted by atomic mass is 9.94. The SMILES string of the molecule is Cc1ccc(F)c(C(NN)C2=CCCCCC2)c1. The van der Waals surface area contributed by atoms with E-state index in [-0.39, 0.29) is 11.9 Å². The molecule has 1 unspecified atom stereocenters. The second kappa shape index (κ2) is 6.12. The van der Waals surface area contributed by atoms with Crippen molar-refractivity contribution in [3.63, 3.8) is 0 Å². The first kappa shape index (κ1) is 13.2. The number of rotatable bonds is 3. The molecule has 2 nitrogen and oxygen atoms in total. The topological polar surface area (TPSA) is 38.0 Å². The molecule has 1 aromatic rings. The number of aryl methyl sites for hydroxylation is 1. The van der Waals surface area contributed by atoms with E-state index in [1.165, 1.54) is 24.5 Å². The highest BCUT2D eigenvalue weighted by molar-refractivity contribution is 5.33. The minimum atomic E-state index is -0.192. The number of nitrogens with one attached hydrogen (secondary N) is 1. The molecule has 0 aliphatic heterocycles. The maximum Gasteiger partial charge on any atom is 0.128 e. The van der Waals surface area contributed by atoms with Gasteiger partial charge in [-0.3, -0.25) is 5.84 Å². The predicted molar refractivity (Wildman–Crippen MR) is 72.4 cm³/mol. The summed E-state index contributed by atoms with van der Waals surface area (Å²) in [6, 6.07) is 4.99. The summed E-state index contributed by atoms with van der Waals surface area (Å²) in [4.78, 5) is 0. The maximum atomic E-state index is 13.9. The Kier molecular flexibility index (Phi) is 4.50. The van der Waals surface area contributed by atoms with Crippen LogP contribution in [0.3, 0.4) is 0 Å². The first-order valence-electron chi connectivity index (χ1n) is 6.63. The molecule has 98 valence electrons. The molecular weight excluding hydrogens is 227 g/mol. The van der Waals surface area contributed by atoms with Crippen LogP contribution in [-0.2, 0) is 0 Å². The Hall–Kier alpha value is -1.19. The molecule has 3 heteroatoms. The van der Waals surface area contributed by atoms with E-state index in [0.717, 1.165) is 24.8 Å². The minimum absolute atomic E-state index is 0.186. The Bertz CT molecular complexity index is 440.